The van der Waals surface area contributed by atoms with Crippen LogP contribution in [0.5, 0.6) is 0 Å². The van der Waals surface area contributed by atoms with Crippen molar-refractivity contribution in [3.05, 3.63) is 20.3 Å². The molecule has 0 saturated carbocycles. The molecular weight excluding hydrogens is 319 g/mol. The van der Waals surface area contributed by atoms with E-state index in [0.717, 1.165) is 38.3 Å². The third-order valence-electron chi connectivity index (χ3n) is 3.03. The summed E-state index contributed by atoms with van der Waals surface area (Å²) in [5.74, 6) is 1.43. The Hall–Kier alpha value is -0.630. The van der Waals surface area contributed by atoms with Crippen LogP contribution in [0.1, 0.15) is 12.8 Å². The summed E-state index contributed by atoms with van der Waals surface area (Å²) in [5, 5.41) is 0. The van der Waals surface area contributed by atoms with Gasteiger partial charge >= 0.3 is 0 Å². The molecule has 3 N–H and O–H groups in total. The standard InChI is InChI=1S/C10H15IN4O/c11-8-9(13-6-14-10(8)16)15-3-1-7(5-12)2-4-15/h6-7H,1-5,12H2,(H,13,14,16). The van der Waals surface area contributed by atoms with Crippen LogP contribution < -0.4 is 16.2 Å². The van der Waals surface area contributed by atoms with Crippen molar-refractivity contribution in [1.82, 2.24) is 9.97 Å². The molecule has 6 heteroatoms. The van der Waals surface area contributed by atoms with E-state index in [4.69, 9.17) is 5.73 Å². The highest BCUT2D eigenvalue weighted by molar-refractivity contribution is 14.1. The summed E-state index contributed by atoms with van der Waals surface area (Å²) >= 11 is 2.05. The Morgan fingerprint density at radius 3 is 2.88 bits per heavy atom. The number of nitrogens with two attached hydrogens (primary N) is 1. The quantitative estimate of drug-likeness (QED) is 0.775. The fourth-order valence-corrected chi connectivity index (χ4v) is 2.61. The first-order valence-corrected chi connectivity index (χ1v) is 6.48. The molecule has 16 heavy (non-hydrogen) atoms. The number of nitrogens with zero attached hydrogens (tertiary/aromatic N) is 2. The van der Waals surface area contributed by atoms with E-state index in [1.54, 1.807) is 0 Å². The number of piperidine rings is 1. The molecule has 0 amide bonds. The number of anilines is 1. The van der Waals surface area contributed by atoms with Crippen LogP contribution in [0.15, 0.2) is 11.1 Å². The van der Waals surface area contributed by atoms with Crippen molar-refractivity contribution in [3.8, 4) is 0 Å². The number of nitrogens with one attached hydrogen (secondary N) is 1. The van der Waals surface area contributed by atoms with Crippen LogP contribution in [-0.4, -0.2) is 29.6 Å². The number of aromatic nitrogens is 2. The minimum absolute atomic E-state index is 0.0634. The predicted octanol–water partition coefficient (Wildman–Crippen LogP) is 0.550. The maximum atomic E-state index is 11.5. The molecule has 0 atom stereocenters. The number of hydrogen-bond donors (Lipinski definition) is 2. The Morgan fingerprint density at radius 2 is 2.25 bits per heavy atom. The third-order valence-corrected chi connectivity index (χ3v) is 4.00. The highest BCUT2D eigenvalue weighted by Gasteiger charge is 2.21. The van der Waals surface area contributed by atoms with Crippen molar-refractivity contribution in [2.45, 2.75) is 12.8 Å². The van der Waals surface area contributed by atoms with Gasteiger partial charge in [0.25, 0.3) is 5.56 Å². The molecule has 88 valence electrons. The van der Waals surface area contributed by atoms with Crippen molar-refractivity contribution in [3.63, 3.8) is 0 Å². The maximum absolute atomic E-state index is 11.5. The highest BCUT2D eigenvalue weighted by atomic mass is 127. The zero-order valence-electron chi connectivity index (χ0n) is 8.95. The van der Waals surface area contributed by atoms with E-state index in [1.165, 1.54) is 6.33 Å². The van der Waals surface area contributed by atoms with Gasteiger partial charge in [0.1, 0.15) is 9.39 Å². The number of aromatic amines is 1. The predicted molar refractivity (Wildman–Crippen MR) is 71.6 cm³/mol. The molecule has 1 aromatic heterocycles. The molecule has 0 aliphatic carbocycles. The Morgan fingerprint density at radius 1 is 1.56 bits per heavy atom. The molecule has 0 bridgehead atoms. The molecule has 1 aliphatic rings. The molecule has 0 radical (unpaired) electrons. The van der Waals surface area contributed by atoms with E-state index in [0.29, 0.717) is 9.49 Å². The van der Waals surface area contributed by atoms with Gasteiger partial charge in [-0.3, -0.25) is 4.79 Å². The summed E-state index contributed by atoms with van der Waals surface area (Å²) < 4.78 is 0.672. The number of halogens is 1. The van der Waals surface area contributed by atoms with Crippen LogP contribution in [0.4, 0.5) is 5.82 Å². The lowest BCUT2D eigenvalue weighted by molar-refractivity contribution is 0.412. The lowest BCUT2D eigenvalue weighted by atomic mass is 9.97. The second kappa shape index (κ2) is 5.13. The maximum Gasteiger partial charge on any atom is 0.266 e. The van der Waals surface area contributed by atoms with Gasteiger partial charge in [0.15, 0.2) is 0 Å². The van der Waals surface area contributed by atoms with Crippen molar-refractivity contribution < 1.29 is 0 Å². The van der Waals surface area contributed by atoms with E-state index in [1.807, 2.05) is 22.6 Å². The van der Waals surface area contributed by atoms with E-state index in [9.17, 15) is 4.79 Å². The Kier molecular flexibility index (Phi) is 3.80. The van der Waals surface area contributed by atoms with Crippen molar-refractivity contribution in [1.29, 1.82) is 0 Å². The average Bonchev–Trinajstić information content (AvgIpc) is 2.33. The first kappa shape index (κ1) is 11.8. The van der Waals surface area contributed by atoms with Gasteiger partial charge in [-0.15, -0.1) is 0 Å². The minimum Gasteiger partial charge on any atom is -0.355 e. The number of H-pyrrole nitrogens is 1. The molecule has 0 aromatic carbocycles. The van der Waals surface area contributed by atoms with E-state index in [2.05, 4.69) is 14.9 Å². The van der Waals surface area contributed by atoms with Gasteiger partial charge in [-0.05, 0) is 47.9 Å². The zero-order chi connectivity index (χ0) is 11.5. The van der Waals surface area contributed by atoms with Gasteiger partial charge in [0.05, 0.1) is 6.33 Å². The van der Waals surface area contributed by atoms with Crippen molar-refractivity contribution >= 4 is 28.4 Å². The fourth-order valence-electron chi connectivity index (χ4n) is 1.97. The van der Waals surface area contributed by atoms with E-state index >= 15 is 0 Å². The second-order valence-electron chi connectivity index (χ2n) is 4.04. The van der Waals surface area contributed by atoms with E-state index < -0.39 is 0 Å². The third kappa shape index (κ3) is 2.37. The molecule has 1 aliphatic heterocycles. The van der Waals surface area contributed by atoms with Crippen LogP contribution >= 0.6 is 22.6 Å². The molecule has 1 saturated heterocycles. The number of rotatable bonds is 2. The van der Waals surface area contributed by atoms with E-state index in [-0.39, 0.29) is 5.56 Å². The molecule has 1 aromatic rings. The lowest BCUT2D eigenvalue weighted by Gasteiger charge is -2.32. The van der Waals surface area contributed by atoms with Crippen molar-refractivity contribution in [2.24, 2.45) is 11.7 Å². The molecule has 5 nitrogen and oxygen atoms in total. The molecule has 0 spiro atoms. The molecule has 1 fully saturated rings. The lowest BCUT2D eigenvalue weighted by Crippen LogP contribution is -2.37. The van der Waals surface area contributed by atoms with Gasteiger partial charge in [-0.2, -0.15) is 0 Å². The molecule has 2 rings (SSSR count). The van der Waals surface area contributed by atoms with Gasteiger partial charge in [0.2, 0.25) is 0 Å². The Labute approximate surface area is 108 Å². The van der Waals surface area contributed by atoms with Gasteiger partial charge in [-0.25, -0.2) is 4.98 Å². The Bertz CT molecular complexity index is 412. The van der Waals surface area contributed by atoms with Gasteiger partial charge in [0, 0.05) is 13.1 Å². The summed E-state index contributed by atoms with van der Waals surface area (Å²) in [4.78, 5) is 20.4. The summed E-state index contributed by atoms with van der Waals surface area (Å²) in [6.07, 6.45) is 3.64. The van der Waals surface area contributed by atoms with Crippen LogP contribution in [0.3, 0.4) is 0 Å². The van der Waals surface area contributed by atoms with Gasteiger partial charge in [-0.1, -0.05) is 0 Å². The van der Waals surface area contributed by atoms with Gasteiger partial charge < -0.3 is 15.6 Å². The molecule has 0 unspecified atom stereocenters. The minimum atomic E-state index is -0.0634. The zero-order valence-corrected chi connectivity index (χ0v) is 11.1. The summed E-state index contributed by atoms with van der Waals surface area (Å²) in [5.41, 5.74) is 5.59. The smallest absolute Gasteiger partial charge is 0.266 e. The largest absolute Gasteiger partial charge is 0.355 e. The fraction of sp³-hybridized carbons (Fsp3) is 0.600. The normalized spacial score (nSPS) is 17.8. The first-order valence-electron chi connectivity index (χ1n) is 5.40. The van der Waals surface area contributed by atoms with Crippen LogP contribution in [-0.2, 0) is 0 Å². The van der Waals surface area contributed by atoms with Crippen molar-refractivity contribution in [2.75, 3.05) is 24.5 Å². The summed E-state index contributed by atoms with van der Waals surface area (Å²) in [6, 6.07) is 0. The van der Waals surface area contributed by atoms with Crippen LogP contribution in [0, 0.1) is 9.49 Å². The summed E-state index contributed by atoms with van der Waals surface area (Å²) in [7, 11) is 0. The second-order valence-corrected chi connectivity index (χ2v) is 5.11. The SMILES string of the molecule is NCC1CCN(c2nc[nH]c(=O)c2I)CC1. The molecule has 2 heterocycles. The van der Waals surface area contributed by atoms with Crippen LogP contribution in [0.25, 0.3) is 0 Å². The topological polar surface area (TPSA) is 75.0 Å². The molecular formula is C10H15IN4O. The number of hydrogen-bond acceptors (Lipinski definition) is 4. The van der Waals surface area contributed by atoms with Crippen LogP contribution in [0.2, 0.25) is 0 Å². The summed E-state index contributed by atoms with van der Waals surface area (Å²) in [6.45, 7) is 2.64. The monoisotopic (exact) mass is 334 g/mol. The average molecular weight is 334 g/mol. The first-order chi connectivity index (χ1) is 7.72. The Balaban J connectivity index is 2.14. The highest BCUT2D eigenvalue weighted by Crippen LogP contribution is 2.22.